The summed E-state index contributed by atoms with van der Waals surface area (Å²) in [7, 11) is 0. The van der Waals surface area contributed by atoms with Gasteiger partial charge in [-0.15, -0.1) is 0 Å². The number of nitrogens with zero attached hydrogens (tertiary/aromatic N) is 3. The van der Waals surface area contributed by atoms with Gasteiger partial charge in [-0.2, -0.15) is 0 Å². The molecule has 0 saturated heterocycles. The number of hydrogen-bond acceptors (Lipinski definition) is 5. The van der Waals surface area contributed by atoms with Crippen LogP contribution in [0, 0.1) is 0 Å². The quantitative estimate of drug-likeness (QED) is 0.390. The van der Waals surface area contributed by atoms with E-state index in [0.29, 0.717) is 24.1 Å². The molecule has 35 heavy (non-hydrogen) atoms. The SMILES string of the molecule is CC1(C)CNC(=O)c2ccc(Nc3ccnc(-c4ccc(-c5ccc(C6CC6)nc5)cc4)n3)cc21. The lowest BCUT2D eigenvalue weighted by Gasteiger charge is -2.32. The molecule has 0 bridgehead atoms. The number of aromatic nitrogens is 3. The molecule has 2 N–H and O–H groups in total. The molecule has 2 aromatic carbocycles. The van der Waals surface area contributed by atoms with Crippen LogP contribution in [0.4, 0.5) is 11.5 Å². The molecule has 2 aromatic heterocycles. The third-order valence-electron chi connectivity index (χ3n) is 6.87. The van der Waals surface area contributed by atoms with Gasteiger partial charge in [0.25, 0.3) is 5.91 Å². The number of anilines is 2. The fourth-order valence-corrected chi connectivity index (χ4v) is 4.60. The molecule has 0 radical (unpaired) electrons. The molecule has 0 spiro atoms. The van der Waals surface area contributed by atoms with E-state index < -0.39 is 0 Å². The van der Waals surface area contributed by atoms with Crippen molar-refractivity contribution in [2.24, 2.45) is 0 Å². The molecular formula is C29H27N5O. The van der Waals surface area contributed by atoms with E-state index in [2.05, 4.69) is 58.7 Å². The van der Waals surface area contributed by atoms with Crippen LogP contribution in [0.25, 0.3) is 22.5 Å². The Labute approximate surface area is 204 Å². The van der Waals surface area contributed by atoms with Gasteiger partial charge in [0.15, 0.2) is 5.82 Å². The summed E-state index contributed by atoms with van der Waals surface area (Å²) < 4.78 is 0. The second-order valence-corrected chi connectivity index (χ2v) is 10.0. The lowest BCUT2D eigenvalue weighted by molar-refractivity contribution is 0.0930. The summed E-state index contributed by atoms with van der Waals surface area (Å²) in [6.07, 6.45) is 6.25. The number of nitrogens with one attached hydrogen (secondary N) is 2. The van der Waals surface area contributed by atoms with Crippen molar-refractivity contribution in [3.05, 3.63) is 89.9 Å². The van der Waals surface area contributed by atoms with Crippen LogP contribution in [-0.2, 0) is 5.41 Å². The van der Waals surface area contributed by atoms with Crippen molar-refractivity contribution in [1.82, 2.24) is 20.3 Å². The Balaban J connectivity index is 1.22. The summed E-state index contributed by atoms with van der Waals surface area (Å²) in [6.45, 7) is 4.90. The van der Waals surface area contributed by atoms with Crippen LogP contribution in [0.1, 0.15) is 54.2 Å². The van der Waals surface area contributed by atoms with Crippen molar-refractivity contribution in [2.75, 3.05) is 11.9 Å². The minimum absolute atomic E-state index is 0.0201. The zero-order valence-corrected chi connectivity index (χ0v) is 19.9. The maximum Gasteiger partial charge on any atom is 0.251 e. The number of benzene rings is 2. The Morgan fingerprint density at radius 1 is 0.914 bits per heavy atom. The van der Waals surface area contributed by atoms with Gasteiger partial charge < -0.3 is 10.6 Å². The van der Waals surface area contributed by atoms with Gasteiger partial charge in [0.05, 0.1) is 0 Å². The molecule has 4 aromatic rings. The van der Waals surface area contributed by atoms with Gasteiger partial charge in [0.2, 0.25) is 0 Å². The Bertz CT molecular complexity index is 1410. The molecule has 1 fully saturated rings. The molecule has 0 atom stereocenters. The fourth-order valence-electron chi connectivity index (χ4n) is 4.60. The van der Waals surface area contributed by atoms with Gasteiger partial charge in [-0.05, 0) is 54.3 Å². The Morgan fingerprint density at radius 3 is 2.43 bits per heavy atom. The van der Waals surface area contributed by atoms with Gasteiger partial charge in [-0.25, -0.2) is 9.97 Å². The molecule has 1 amide bonds. The van der Waals surface area contributed by atoms with Gasteiger partial charge in [0, 0.05) is 58.3 Å². The van der Waals surface area contributed by atoms with Gasteiger partial charge in [-0.1, -0.05) is 44.2 Å². The summed E-state index contributed by atoms with van der Waals surface area (Å²) in [5.41, 5.74) is 6.92. The summed E-state index contributed by atoms with van der Waals surface area (Å²) in [5.74, 6) is 2.00. The minimum Gasteiger partial charge on any atom is -0.351 e. The van der Waals surface area contributed by atoms with E-state index in [-0.39, 0.29) is 11.3 Å². The van der Waals surface area contributed by atoms with Crippen molar-refractivity contribution >= 4 is 17.4 Å². The summed E-state index contributed by atoms with van der Waals surface area (Å²) in [6, 6.07) is 20.3. The number of amides is 1. The molecule has 174 valence electrons. The first-order valence-corrected chi connectivity index (χ1v) is 12.1. The Kier molecular flexibility index (Phi) is 5.10. The average Bonchev–Trinajstić information content (AvgIpc) is 3.73. The maximum atomic E-state index is 12.2. The van der Waals surface area contributed by atoms with Gasteiger partial charge in [0.1, 0.15) is 5.82 Å². The predicted molar refractivity (Wildman–Crippen MR) is 138 cm³/mol. The molecule has 6 heteroatoms. The monoisotopic (exact) mass is 461 g/mol. The standard InChI is InChI=1S/C29H27N5O/c1-29(2)17-32-28(35)23-11-10-22(15-24(23)29)33-26-13-14-30-27(34-26)20-7-3-18(4-8-20)21-9-12-25(31-16-21)19-5-6-19/h3-4,7-16,19H,5-6,17H2,1-2H3,(H,32,35)(H,30,33,34). The van der Waals surface area contributed by atoms with Crippen LogP contribution in [0.5, 0.6) is 0 Å². The van der Waals surface area contributed by atoms with Gasteiger partial charge in [-0.3, -0.25) is 9.78 Å². The Morgan fingerprint density at radius 2 is 1.69 bits per heavy atom. The van der Waals surface area contributed by atoms with E-state index in [9.17, 15) is 4.79 Å². The number of fused-ring (bicyclic) bond motifs is 1. The highest BCUT2D eigenvalue weighted by atomic mass is 16.1. The van der Waals surface area contributed by atoms with Crippen molar-refractivity contribution in [3.8, 4) is 22.5 Å². The zero-order chi connectivity index (χ0) is 24.0. The zero-order valence-electron chi connectivity index (χ0n) is 19.9. The minimum atomic E-state index is -0.132. The molecule has 1 aliphatic carbocycles. The summed E-state index contributed by atoms with van der Waals surface area (Å²) >= 11 is 0. The molecule has 1 aliphatic heterocycles. The summed E-state index contributed by atoms with van der Waals surface area (Å²) in [4.78, 5) is 26.1. The molecule has 1 saturated carbocycles. The van der Waals surface area contributed by atoms with Crippen molar-refractivity contribution in [3.63, 3.8) is 0 Å². The molecule has 6 rings (SSSR count). The number of rotatable bonds is 5. The highest BCUT2D eigenvalue weighted by Crippen LogP contribution is 2.39. The van der Waals surface area contributed by atoms with Crippen LogP contribution in [0.3, 0.4) is 0 Å². The largest absolute Gasteiger partial charge is 0.351 e. The number of pyridine rings is 1. The smallest absolute Gasteiger partial charge is 0.251 e. The fraction of sp³-hybridized carbons (Fsp3) is 0.241. The lowest BCUT2D eigenvalue weighted by atomic mass is 9.79. The highest BCUT2D eigenvalue weighted by molar-refractivity contribution is 5.98. The second kappa shape index (κ2) is 8.31. The van der Waals surface area contributed by atoms with Gasteiger partial charge >= 0.3 is 0 Å². The van der Waals surface area contributed by atoms with Crippen LogP contribution in [0.15, 0.2) is 73.1 Å². The van der Waals surface area contributed by atoms with E-state index in [1.54, 1.807) is 6.20 Å². The first-order chi connectivity index (χ1) is 17.0. The second-order valence-electron chi connectivity index (χ2n) is 10.0. The summed E-state index contributed by atoms with van der Waals surface area (Å²) in [5, 5.41) is 6.35. The van der Waals surface area contributed by atoms with E-state index >= 15 is 0 Å². The van der Waals surface area contributed by atoms with E-state index in [1.807, 2.05) is 42.6 Å². The van der Waals surface area contributed by atoms with E-state index in [4.69, 9.17) is 4.98 Å². The van der Waals surface area contributed by atoms with Crippen molar-refractivity contribution in [2.45, 2.75) is 38.0 Å². The predicted octanol–water partition coefficient (Wildman–Crippen LogP) is 5.85. The van der Waals surface area contributed by atoms with Crippen molar-refractivity contribution < 1.29 is 4.79 Å². The highest BCUT2D eigenvalue weighted by Gasteiger charge is 2.31. The number of carbonyl (C=O) groups is 1. The topological polar surface area (TPSA) is 79.8 Å². The first-order valence-electron chi connectivity index (χ1n) is 12.1. The molecule has 2 aliphatic rings. The normalized spacial score (nSPS) is 16.3. The van der Waals surface area contributed by atoms with Crippen molar-refractivity contribution in [1.29, 1.82) is 0 Å². The first kappa shape index (κ1) is 21.5. The molecule has 0 unspecified atom stereocenters. The third kappa shape index (κ3) is 4.28. The third-order valence-corrected chi connectivity index (χ3v) is 6.87. The van der Waals surface area contributed by atoms with Crippen LogP contribution in [-0.4, -0.2) is 27.4 Å². The molecule has 6 nitrogen and oxygen atoms in total. The van der Waals surface area contributed by atoms with Crippen LogP contribution in [0.2, 0.25) is 0 Å². The number of hydrogen-bond donors (Lipinski definition) is 2. The lowest BCUT2D eigenvalue weighted by Crippen LogP contribution is -2.43. The van der Waals surface area contributed by atoms with E-state index in [1.165, 1.54) is 18.5 Å². The van der Waals surface area contributed by atoms with Crippen LogP contribution < -0.4 is 10.6 Å². The average molecular weight is 462 g/mol. The Hall–Kier alpha value is -4.06. The van der Waals surface area contributed by atoms with Crippen LogP contribution >= 0.6 is 0 Å². The van der Waals surface area contributed by atoms with E-state index in [0.717, 1.165) is 33.5 Å². The maximum absolute atomic E-state index is 12.2. The number of carbonyl (C=O) groups excluding carboxylic acids is 1. The molecular weight excluding hydrogens is 434 g/mol. The molecule has 3 heterocycles.